The monoisotopic (exact) mass is 342 g/mol. The summed E-state index contributed by atoms with van der Waals surface area (Å²) in [5.74, 6) is 1.82. The third-order valence-corrected chi connectivity index (χ3v) is 5.88. The number of hydrogen-bond donors (Lipinski definition) is 3. The zero-order valence-corrected chi connectivity index (χ0v) is 14.5. The summed E-state index contributed by atoms with van der Waals surface area (Å²) >= 11 is 0. The molecule has 2 saturated heterocycles. The summed E-state index contributed by atoms with van der Waals surface area (Å²) in [6.45, 7) is 4.06. The summed E-state index contributed by atoms with van der Waals surface area (Å²) in [6, 6.07) is 5.68. The van der Waals surface area contributed by atoms with Crippen LogP contribution in [-0.2, 0) is 11.2 Å². The van der Waals surface area contributed by atoms with E-state index in [0.29, 0.717) is 6.42 Å². The van der Waals surface area contributed by atoms with Crippen molar-refractivity contribution in [3.8, 4) is 0 Å². The van der Waals surface area contributed by atoms with Crippen LogP contribution in [0.1, 0.15) is 31.2 Å². The van der Waals surface area contributed by atoms with E-state index in [9.17, 15) is 9.59 Å². The molecule has 2 fully saturated rings. The Morgan fingerprint density at radius 3 is 2.44 bits per heavy atom. The van der Waals surface area contributed by atoms with E-state index >= 15 is 0 Å². The van der Waals surface area contributed by atoms with Gasteiger partial charge in [-0.3, -0.25) is 4.79 Å². The Balaban J connectivity index is 1.34. The highest BCUT2D eigenvalue weighted by molar-refractivity contribution is 5.81. The van der Waals surface area contributed by atoms with Crippen LogP contribution in [0.25, 0.3) is 11.0 Å². The van der Waals surface area contributed by atoms with Crippen molar-refractivity contribution in [3.05, 3.63) is 34.2 Å². The van der Waals surface area contributed by atoms with Crippen LogP contribution in [0.3, 0.4) is 0 Å². The van der Waals surface area contributed by atoms with Gasteiger partial charge in [0.25, 0.3) is 0 Å². The van der Waals surface area contributed by atoms with E-state index in [1.807, 2.05) is 23.1 Å². The van der Waals surface area contributed by atoms with Crippen LogP contribution in [0.5, 0.6) is 0 Å². The number of hydrogen-bond acceptors (Lipinski definition) is 3. The van der Waals surface area contributed by atoms with Crippen LogP contribution in [0.2, 0.25) is 0 Å². The van der Waals surface area contributed by atoms with Crippen molar-refractivity contribution >= 4 is 16.9 Å². The van der Waals surface area contributed by atoms with Crippen molar-refractivity contribution in [1.82, 2.24) is 20.2 Å². The maximum absolute atomic E-state index is 12.6. The molecule has 134 valence electrons. The van der Waals surface area contributed by atoms with Crippen LogP contribution in [0.4, 0.5) is 0 Å². The number of aromatic amines is 2. The molecule has 0 spiro atoms. The molecule has 0 bridgehead atoms. The lowest BCUT2D eigenvalue weighted by Crippen LogP contribution is -2.42. The lowest BCUT2D eigenvalue weighted by Gasteiger charge is -2.37. The highest BCUT2D eigenvalue weighted by Gasteiger charge is 2.29. The molecular weight excluding hydrogens is 316 g/mol. The first-order valence-corrected chi connectivity index (χ1v) is 9.38. The molecule has 25 heavy (non-hydrogen) atoms. The van der Waals surface area contributed by atoms with Crippen LogP contribution >= 0.6 is 0 Å². The molecule has 0 atom stereocenters. The average molecular weight is 342 g/mol. The number of benzene rings is 1. The number of piperidine rings is 2. The zero-order chi connectivity index (χ0) is 17.2. The van der Waals surface area contributed by atoms with Crippen molar-refractivity contribution in [2.45, 2.75) is 32.1 Å². The summed E-state index contributed by atoms with van der Waals surface area (Å²) in [6.07, 6.45) is 5.25. The first kappa shape index (κ1) is 16.4. The minimum absolute atomic E-state index is 0.195. The Labute approximate surface area is 147 Å². The molecule has 2 aliphatic rings. The Bertz CT molecular complexity index is 795. The predicted molar refractivity (Wildman–Crippen MR) is 97.5 cm³/mol. The van der Waals surface area contributed by atoms with Gasteiger partial charge in [0.05, 0.1) is 17.5 Å². The number of rotatable bonds is 3. The van der Waals surface area contributed by atoms with Crippen LogP contribution in [0, 0.1) is 11.8 Å². The lowest BCUT2D eigenvalue weighted by atomic mass is 9.79. The number of fused-ring (bicyclic) bond motifs is 1. The average Bonchev–Trinajstić information content (AvgIpc) is 3.02. The number of imidazole rings is 1. The van der Waals surface area contributed by atoms with E-state index in [0.717, 1.165) is 67.5 Å². The van der Waals surface area contributed by atoms with Crippen LogP contribution in [0.15, 0.2) is 23.0 Å². The molecule has 1 amide bonds. The normalized spacial score (nSPS) is 20.2. The van der Waals surface area contributed by atoms with Crippen molar-refractivity contribution in [2.24, 2.45) is 11.8 Å². The smallest absolute Gasteiger partial charge is 0.323 e. The maximum atomic E-state index is 12.6. The molecule has 6 heteroatoms. The minimum Gasteiger partial charge on any atom is -0.342 e. The molecule has 6 nitrogen and oxygen atoms in total. The molecule has 0 aliphatic carbocycles. The van der Waals surface area contributed by atoms with Crippen molar-refractivity contribution in [1.29, 1.82) is 0 Å². The van der Waals surface area contributed by atoms with Gasteiger partial charge in [-0.15, -0.1) is 0 Å². The first-order valence-electron chi connectivity index (χ1n) is 9.38. The van der Waals surface area contributed by atoms with E-state index in [1.165, 1.54) is 12.8 Å². The number of nitrogens with zero attached hydrogens (tertiary/aromatic N) is 1. The van der Waals surface area contributed by atoms with Gasteiger partial charge in [0.2, 0.25) is 5.91 Å². The lowest BCUT2D eigenvalue weighted by molar-refractivity contribution is -0.132. The fourth-order valence-electron chi connectivity index (χ4n) is 4.41. The first-order chi connectivity index (χ1) is 12.2. The fraction of sp³-hybridized carbons (Fsp3) is 0.579. The Hall–Kier alpha value is -2.08. The summed E-state index contributed by atoms with van der Waals surface area (Å²) in [5.41, 5.74) is 2.29. The molecule has 3 N–H and O–H groups in total. The van der Waals surface area contributed by atoms with Gasteiger partial charge in [-0.1, -0.05) is 6.07 Å². The second kappa shape index (κ2) is 7.04. The van der Waals surface area contributed by atoms with Crippen LogP contribution in [-0.4, -0.2) is 47.0 Å². The number of H-pyrrole nitrogens is 2. The summed E-state index contributed by atoms with van der Waals surface area (Å²) in [4.78, 5) is 31.5. The van der Waals surface area contributed by atoms with Crippen molar-refractivity contribution in [3.63, 3.8) is 0 Å². The van der Waals surface area contributed by atoms with E-state index in [1.54, 1.807) is 0 Å². The highest BCUT2D eigenvalue weighted by Crippen LogP contribution is 2.30. The molecule has 0 unspecified atom stereocenters. The van der Waals surface area contributed by atoms with Crippen molar-refractivity contribution in [2.75, 3.05) is 26.2 Å². The molecule has 0 saturated carbocycles. The second-order valence-electron chi connectivity index (χ2n) is 7.44. The van der Waals surface area contributed by atoms with Crippen LogP contribution < -0.4 is 11.0 Å². The number of carbonyl (C=O) groups excluding carboxylic acids is 1. The number of carbonyl (C=O) groups is 1. The minimum atomic E-state index is -0.210. The zero-order valence-electron chi connectivity index (χ0n) is 14.5. The van der Waals surface area contributed by atoms with Gasteiger partial charge < -0.3 is 20.2 Å². The van der Waals surface area contributed by atoms with E-state index in [4.69, 9.17) is 0 Å². The summed E-state index contributed by atoms with van der Waals surface area (Å²) in [5, 5.41) is 3.43. The van der Waals surface area contributed by atoms with Gasteiger partial charge in [-0.05, 0) is 68.3 Å². The Morgan fingerprint density at radius 2 is 1.68 bits per heavy atom. The van der Waals surface area contributed by atoms with E-state index < -0.39 is 0 Å². The molecule has 1 aromatic heterocycles. The molecular formula is C19H26N4O2. The van der Waals surface area contributed by atoms with Gasteiger partial charge in [0.1, 0.15) is 0 Å². The quantitative estimate of drug-likeness (QED) is 0.793. The van der Waals surface area contributed by atoms with E-state index in [2.05, 4.69) is 15.3 Å². The number of likely N-dealkylation sites (tertiary alicyclic amines) is 1. The molecule has 0 radical (unpaired) electrons. The molecule has 2 aliphatic heterocycles. The summed E-state index contributed by atoms with van der Waals surface area (Å²) in [7, 11) is 0. The SMILES string of the molecule is O=C(Cc1ccc2[nH]c(=O)[nH]c2c1)N1CCC(C2CCNCC2)CC1. The number of amides is 1. The van der Waals surface area contributed by atoms with Crippen molar-refractivity contribution < 1.29 is 4.79 Å². The largest absolute Gasteiger partial charge is 0.342 e. The van der Waals surface area contributed by atoms with Gasteiger partial charge in [0, 0.05) is 13.1 Å². The third-order valence-electron chi connectivity index (χ3n) is 5.88. The highest BCUT2D eigenvalue weighted by atomic mass is 16.2. The van der Waals surface area contributed by atoms with Gasteiger partial charge in [-0.25, -0.2) is 4.79 Å². The Kier molecular flexibility index (Phi) is 4.61. The molecule has 4 rings (SSSR count). The Morgan fingerprint density at radius 1 is 1.00 bits per heavy atom. The third kappa shape index (κ3) is 3.63. The second-order valence-corrected chi connectivity index (χ2v) is 7.44. The summed E-state index contributed by atoms with van der Waals surface area (Å²) < 4.78 is 0. The van der Waals surface area contributed by atoms with Gasteiger partial charge in [-0.2, -0.15) is 0 Å². The topological polar surface area (TPSA) is 81.0 Å². The molecule has 2 aromatic rings. The maximum Gasteiger partial charge on any atom is 0.323 e. The standard InChI is InChI=1S/C19H26N4O2/c24-18(12-13-1-2-16-17(11-13)22-19(25)21-16)23-9-5-15(6-10-23)14-3-7-20-8-4-14/h1-2,11,14-15,20H,3-10,12H2,(H2,21,22,25). The predicted octanol–water partition coefficient (Wildman–Crippen LogP) is 1.64. The molecule has 3 heterocycles. The van der Waals surface area contributed by atoms with E-state index in [-0.39, 0.29) is 11.6 Å². The van der Waals surface area contributed by atoms with Gasteiger partial charge in [0.15, 0.2) is 0 Å². The number of aromatic nitrogens is 2. The molecule has 1 aromatic carbocycles. The van der Waals surface area contributed by atoms with Gasteiger partial charge >= 0.3 is 5.69 Å². The fourth-order valence-corrected chi connectivity index (χ4v) is 4.41. The number of nitrogens with one attached hydrogen (secondary N) is 3.